The van der Waals surface area contributed by atoms with Crippen molar-refractivity contribution < 1.29 is 20.1 Å². The summed E-state index contributed by atoms with van der Waals surface area (Å²) >= 11 is 0. The van der Waals surface area contributed by atoms with Gasteiger partial charge in [0, 0.05) is 5.41 Å². The molecule has 0 heterocycles. The van der Waals surface area contributed by atoms with E-state index < -0.39 is 23.1 Å². The lowest BCUT2D eigenvalue weighted by Gasteiger charge is -2.41. The molecule has 0 spiro atoms. The lowest BCUT2D eigenvalue weighted by molar-refractivity contribution is -0.312. The Balaban J connectivity index is 1.31. The highest BCUT2D eigenvalue weighted by molar-refractivity contribution is 5.78. The minimum absolute atomic E-state index is 0.169. The predicted octanol–water partition coefficient (Wildman–Crippen LogP) is 5.66. The van der Waals surface area contributed by atoms with Crippen molar-refractivity contribution in [2.75, 3.05) is 0 Å². The van der Waals surface area contributed by atoms with Gasteiger partial charge in [-0.15, -0.1) is 0 Å². The van der Waals surface area contributed by atoms with E-state index in [9.17, 15) is 20.1 Å². The van der Waals surface area contributed by atoms with Gasteiger partial charge in [0.15, 0.2) is 0 Å². The monoisotopic (exact) mass is 499 g/mol. The third-order valence-corrected chi connectivity index (χ3v) is 8.48. The van der Waals surface area contributed by atoms with E-state index in [4.69, 9.17) is 0 Å². The van der Waals surface area contributed by atoms with Crippen LogP contribution < -0.4 is 5.11 Å². The van der Waals surface area contributed by atoms with E-state index >= 15 is 0 Å². The van der Waals surface area contributed by atoms with Crippen molar-refractivity contribution in [1.29, 1.82) is 0 Å². The van der Waals surface area contributed by atoms with Crippen molar-refractivity contribution in [3.8, 4) is 0 Å². The Kier molecular flexibility index (Phi) is 8.51. The van der Waals surface area contributed by atoms with Crippen LogP contribution in [0.1, 0.15) is 87.2 Å². The molecule has 1 aliphatic rings. The molecule has 4 nitrogen and oxygen atoms in total. The van der Waals surface area contributed by atoms with Crippen LogP contribution in [0.4, 0.5) is 0 Å². The smallest absolute Gasteiger partial charge is 0.117 e. The second-order valence-electron chi connectivity index (χ2n) is 11.2. The van der Waals surface area contributed by atoms with Gasteiger partial charge in [0.1, 0.15) is 5.60 Å². The first kappa shape index (κ1) is 27.1. The number of aliphatic hydroxyl groups excluding tert-OH is 1. The van der Waals surface area contributed by atoms with Gasteiger partial charge in [-0.2, -0.15) is 0 Å². The van der Waals surface area contributed by atoms with Crippen molar-refractivity contribution in [3.05, 3.63) is 107 Å². The first-order valence-electron chi connectivity index (χ1n) is 13.6. The van der Waals surface area contributed by atoms with Crippen LogP contribution in [-0.4, -0.2) is 16.2 Å². The van der Waals surface area contributed by atoms with Crippen LogP contribution in [0.5, 0.6) is 0 Å². The van der Waals surface area contributed by atoms with Crippen LogP contribution in [0.3, 0.4) is 0 Å². The summed E-state index contributed by atoms with van der Waals surface area (Å²) in [6, 6.07) is 27.3. The van der Waals surface area contributed by atoms with Gasteiger partial charge in [0.25, 0.3) is 0 Å². The molecule has 0 aliphatic heterocycles. The molecule has 1 aliphatic carbocycles. The molecule has 196 valence electrons. The highest BCUT2D eigenvalue weighted by Gasteiger charge is 2.41. The summed E-state index contributed by atoms with van der Waals surface area (Å²) in [5.74, 6) is -0.338. The summed E-state index contributed by atoms with van der Waals surface area (Å²) in [7, 11) is 0. The van der Waals surface area contributed by atoms with Crippen molar-refractivity contribution in [3.63, 3.8) is 0 Å². The molecule has 3 aromatic carbocycles. The normalized spacial score (nSPS) is 19.4. The SMILES string of the molecule is CC(C)(C(=O)[O-])c1ccc(C(O)CCCC2CCC(C(O)(c3ccccc3)c3ccccc3)CC2)cc1. The first-order valence-corrected chi connectivity index (χ1v) is 13.6. The largest absolute Gasteiger partial charge is 0.549 e. The number of benzene rings is 3. The lowest BCUT2D eigenvalue weighted by Crippen LogP contribution is -2.41. The van der Waals surface area contributed by atoms with Crippen LogP contribution in [-0.2, 0) is 15.8 Å². The van der Waals surface area contributed by atoms with Crippen molar-refractivity contribution in [2.45, 2.75) is 75.9 Å². The van der Waals surface area contributed by atoms with Gasteiger partial charge in [-0.25, -0.2) is 0 Å². The molecular weight excluding hydrogens is 460 g/mol. The summed E-state index contributed by atoms with van der Waals surface area (Å²) in [5, 5.41) is 34.1. The molecule has 4 heteroatoms. The maximum Gasteiger partial charge on any atom is 0.117 e. The van der Waals surface area contributed by atoms with Crippen LogP contribution in [0, 0.1) is 11.8 Å². The van der Waals surface area contributed by atoms with Crippen LogP contribution in [0.2, 0.25) is 0 Å². The number of carboxylic acid groups (broad SMARTS) is 1. The summed E-state index contributed by atoms with van der Waals surface area (Å²) in [6.45, 7) is 3.26. The first-order chi connectivity index (χ1) is 17.7. The van der Waals surface area contributed by atoms with E-state index in [2.05, 4.69) is 0 Å². The highest BCUT2D eigenvalue weighted by Crippen LogP contribution is 2.46. The maximum absolute atomic E-state index is 12.1. The number of carboxylic acids is 1. The average molecular weight is 500 g/mol. The third kappa shape index (κ3) is 5.97. The Bertz CT molecular complexity index is 1090. The molecule has 1 atom stereocenters. The van der Waals surface area contributed by atoms with E-state index in [0.717, 1.165) is 55.2 Å². The van der Waals surface area contributed by atoms with Gasteiger partial charge in [0.2, 0.25) is 0 Å². The van der Waals surface area contributed by atoms with Gasteiger partial charge in [-0.3, -0.25) is 0 Å². The van der Waals surface area contributed by atoms with Gasteiger partial charge < -0.3 is 20.1 Å². The van der Waals surface area contributed by atoms with E-state index in [-0.39, 0.29) is 5.92 Å². The van der Waals surface area contributed by atoms with Gasteiger partial charge in [0.05, 0.1) is 12.1 Å². The summed E-state index contributed by atoms with van der Waals surface area (Å²) in [6.07, 6.45) is 6.23. The minimum Gasteiger partial charge on any atom is -0.549 e. The zero-order valence-electron chi connectivity index (χ0n) is 22.0. The van der Waals surface area contributed by atoms with Crippen LogP contribution in [0.25, 0.3) is 0 Å². The summed E-state index contributed by atoms with van der Waals surface area (Å²) in [4.78, 5) is 11.4. The zero-order chi connectivity index (χ0) is 26.5. The quantitative estimate of drug-likeness (QED) is 0.377. The van der Waals surface area contributed by atoms with Gasteiger partial charge in [-0.1, -0.05) is 124 Å². The Morgan fingerprint density at radius 1 is 0.838 bits per heavy atom. The van der Waals surface area contributed by atoms with E-state index in [1.165, 1.54) is 0 Å². The van der Waals surface area contributed by atoms with Crippen LogP contribution >= 0.6 is 0 Å². The molecule has 3 aromatic rings. The topological polar surface area (TPSA) is 80.6 Å². The Morgan fingerprint density at radius 2 is 1.35 bits per heavy atom. The third-order valence-electron chi connectivity index (χ3n) is 8.48. The molecule has 1 fully saturated rings. The molecule has 4 rings (SSSR count). The molecule has 0 aromatic heterocycles. The van der Waals surface area contributed by atoms with Crippen molar-refractivity contribution in [1.82, 2.24) is 0 Å². The Hall–Kier alpha value is -2.95. The van der Waals surface area contributed by atoms with E-state index in [1.807, 2.05) is 72.8 Å². The fourth-order valence-electron chi connectivity index (χ4n) is 5.90. The minimum atomic E-state index is -1.11. The number of rotatable bonds is 10. The number of aliphatic carboxylic acids is 1. The molecule has 0 amide bonds. The van der Waals surface area contributed by atoms with E-state index in [0.29, 0.717) is 17.9 Å². The maximum atomic E-state index is 12.1. The fraction of sp³-hybridized carbons (Fsp3) is 0.424. The average Bonchev–Trinajstić information content (AvgIpc) is 2.94. The summed E-state index contributed by atoms with van der Waals surface area (Å²) in [5.41, 5.74) is 1.36. The summed E-state index contributed by atoms with van der Waals surface area (Å²) < 4.78 is 0. The Morgan fingerprint density at radius 3 is 1.84 bits per heavy atom. The van der Waals surface area contributed by atoms with E-state index in [1.54, 1.807) is 26.0 Å². The highest BCUT2D eigenvalue weighted by atomic mass is 16.4. The second-order valence-corrected chi connectivity index (χ2v) is 11.2. The Labute approximate surface area is 221 Å². The molecule has 0 radical (unpaired) electrons. The number of carbonyl (C=O) groups excluding carboxylic acids is 1. The number of aliphatic hydroxyl groups is 2. The molecule has 37 heavy (non-hydrogen) atoms. The van der Waals surface area contributed by atoms with Gasteiger partial charge >= 0.3 is 0 Å². The standard InChI is InChI=1S/C33H40O4/c1-32(2,31(35)36)26-22-18-25(19-23-26)30(34)15-9-10-24-16-20-29(21-17-24)33(37,27-11-5-3-6-12-27)28-13-7-4-8-14-28/h3-8,11-14,18-19,22-24,29-30,34,37H,9-10,15-17,20-21H2,1-2H3,(H,35,36)/p-1. The fourth-order valence-corrected chi connectivity index (χ4v) is 5.90. The van der Waals surface area contributed by atoms with Crippen molar-refractivity contribution >= 4 is 5.97 Å². The van der Waals surface area contributed by atoms with Gasteiger partial charge in [-0.05, 0) is 53.4 Å². The number of hydrogen-bond donors (Lipinski definition) is 2. The molecule has 2 N–H and O–H groups in total. The predicted molar refractivity (Wildman–Crippen MR) is 145 cm³/mol. The molecule has 1 saturated carbocycles. The second kappa shape index (κ2) is 11.6. The van der Waals surface area contributed by atoms with Crippen molar-refractivity contribution in [2.24, 2.45) is 11.8 Å². The lowest BCUT2D eigenvalue weighted by atomic mass is 9.67. The molecule has 0 saturated heterocycles. The number of hydrogen-bond acceptors (Lipinski definition) is 4. The molecule has 1 unspecified atom stereocenters. The molecular formula is C33H39O4-. The number of carbonyl (C=O) groups is 1. The molecule has 0 bridgehead atoms. The van der Waals surface area contributed by atoms with Crippen LogP contribution in [0.15, 0.2) is 84.9 Å². The zero-order valence-corrected chi connectivity index (χ0v) is 22.0.